The van der Waals surface area contributed by atoms with Crippen LogP contribution in [0.1, 0.15) is 11.1 Å². The minimum absolute atomic E-state index is 0.738. The summed E-state index contributed by atoms with van der Waals surface area (Å²) in [5.74, 6) is 0.840. The van der Waals surface area contributed by atoms with Gasteiger partial charge in [0.05, 0.1) is 18.3 Å². The van der Waals surface area contributed by atoms with Crippen LogP contribution in [0.15, 0.2) is 47.8 Å². The van der Waals surface area contributed by atoms with Gasteiger partial charge < -0.3 is 0 Å². The molecule has 18 heavy (non-hydrogen) atoms. The maximum Gasteiger partial charge on any atom is 0.176 e. The highest BCUT2D eigenvalue weighted by Crippen LogP contribution is 2.10. The monoisotopic (exact) mass is 242 g/mol. The van der Waals surface area contributed by atoms with Crippen LogP contribution in [0, 0.1) is 0 Å². The van der Waals surface area contributed by atoms with Crippen LogP contribution in [-0.2, 0) is 13.6 Å². The van der Waals surface area contributed by atoms with E-state index in [1.165, 1.54) is 5.56 Å². The molecular formula is C12H14N6. The molecule has 0 amide bonds. The second-order valence-corrected chi connectivity index (χ2v) is 4.13. The van der Waals surface area contributed by atoms with Crippen molar-refractivity contribution in [3.63, 3.8) is 0 Å². The first-order valence-electron chi connectivity index (χ1n) is 5.72. The number of aryl methyl sites for hydroxylation is 1. The lowest BCUT2D eigenvalue weighted by Gasteiger charge is -2.18. The van der Waals surface area contributed by atoms with E-state index in [-0.39, 0.29) is 0 Å². The minimum Gasteiger partial charge on any atom is -0.275 e. The number of aromatic nitrogens is 2. The third-order valence-corrected chi connectivity index (χ3v) is 2.75. The van der Waals surface area contributed by atoms with E-state index in [4.69, 9.17) is 0 Å². The Morgan fingerprint density at radius 2 is 2.06 bits per heavy atom. The molecule has 0 saturated carbocycles. The van der Waals surface area contributed by atoms with Gasteiger partial charge in [-0.3, -0.25) is 9.69 Å². The first-order chi connectivity index (χ1) is 8.83. The van der Waals surface area contributed by atoms with Crippen molar-refractivity contribution in [2.45, 2.75) is 6.54 Å². The molecule has 6 heteroatoms. The van der Waals surface area contributed by atoms with Gasteiger partial charge in [-0.05, 0) is 5.56 Å². The van der Waals surface area contributed by atoms with Crippen LogP contribution in [0.3, 0.4) is 0 Å². The SMILES string of the molecule is Cn1cc(C2=NNNN2Cc2ccccc2)cn1. The van der Waals surface area contributed by atoms with E-state index < -0.39 is 0 Å². The summed E-state index contributed by atoms with van der Waals surface area (Å²) in [5.41, 5.74) is 7.97. The Balaban J connectivity index is 1.79. The molecule has 2 aromatic rings. The zero-order valence-corrected chi connectivity index (χ0v) is 10.0. The van der Waals surface area contributed by atoms with E-state index in [1.807, 2.05) is 36.5 Å². The maximum absolute atomic E-state index is 4.23. The zero-order chi connectivity index (χ0) is 12.4. The predicted molar refractivity (Wildman–Crippen MR) is 68.0 cm³/mol. The summed E-state index contributed by atoms with van der Waals surface area (Å²) >= 11 is 0. The molecule has 0 saturated heterocycles. The van der Waals surface area contributed by atoms with E-state index in [0.717, 1.165) is 17.9 Å². The first kappa shape index (κ1) is 10.8. The molecule has 1 aliphatic heterocycles. The largest absolute Gasteiger partial charge is 0.275 e. The minimum atomic E-state index is 0.738. The lowest BCUT2D eigenvalue weighted by Crippen LogP contribution is -2.40. The van der Waals surface area contributed by atoms with Crippen LogP contribution in [-0.4, -0.2) is 20.6 Å². The zero-order valence-electron chi connectivity index (χ0n) is 10.0. The highest BCUT2D eigenvalue weighted by Gasteiger charge is 2.19. The fourth-order valence-corrected chi connectivity index (χ4v) is 1.89. The Hall–Kier alpha value is -2.34. The average Bonchev–Trinajstić information content (AvgIpc) is 2.99. The summed E-state index contributed by atoms with van der Waals surface area (Å²) in [6.45, 7) is 0.738. The summed E-state index contributed by atoms with van der Waals surface area (Å²) in [6, 6.07) is 10.2. The molecule has 1 aliphatic rings. The van der Waals surface area contributed by atoms with Crippen molar-refractivity contribution in [1.82, 2.24) is 25.9 Å². The van der Waals surface area contributed by atoms with Gasteiger partial charge in [0.2, 0.25) is 0 Å². The quantitative estimate of drug-likeness (QED) is 0.828. The Kier molecular flexibility index (Phi) is 2.70. The lowest BCUT2D eigenvalue weighted by molar-refractivity contribution is 0.288. The summed E-state index contributed by atoms with van der Waals surface area (Å²) < 4.78 is 1.76. The Morgan fingerprint density at radius 3 is 2.78 bits per heavy atom. The van der Waals surface area contributed by atoms with Crippen LogP contribution >= 0.6 is 0 Å². The molecule has 0 unspecified atom stereocenters. The van der Waals surface area contributed by atoms with Crippen molar-refractivity contribution in [3.05, 3.63) is 53.9 Å². The Morgan fingerprint density at radius 1 is 1.22 bits per heavy atom. The van der Waals surface area contributed by atoms with Gasteiger partial charge in [-0.25, -0.2) is 5.53 Å². The number of hydrazine groups is 2. The van der Waals surface area contributed by atoms with Gasteiger partial charge in [0, 0.05) is 13.2 Å². The molecular weight excluding hydrogens is 228 g/mol. The predicted octanol–water partition coefficient (Wildman–Crippen LogP) is 0.607. The average molecular weight is 242 g/mol. The molecule has 92 valence electrons. The van der Waals surface area contributed by atoms with Gasteiger partial charge in [-0.2, -0.15) is 5.10 Å². The van der Waals surface area contributed by atoms with Crippen molar-refractivity contribution < 1.29 is 0 Å². The van der Waals surface area contributed by atoms with Crippen molar-refractivity contribution in [3.8, 4) is 0 Å². The number of hydrazone groups is 1. The highest BCUT2D eigenvalue weighted by molar-refractivity contribution is 5.98. The van der Waals surface area contributed by atoms with E-state index in [1.54, 1.807) is 10.9 Å². The van der Waals surface area contributed by atoms with E-state index in [9.17, 15) is 0 Å². The van der Waals surface area contributed by atoms with Crippen LogP contribution in [0.25, 0.3) is 0 Å². The molecule has 1 aromatic heterocycles. The van der Waals surface area contributed by atoms with E-state index >= 15 is 0 Å². The smallest absolute Gasteiger partial charge is 0.176 e. The third kappa shape index (κ3) is 2.05. The summed E-state index contributed by atoms with van der Waals surface area (Å²) in [7, 11) is 1.89. The van der Waals surface area contributed by atoms with Crippen molar-refractivity contribution in [1.29, 1.82) is 0 Å². The molecule has 0 fully saturated rings. The Bertz CT molecular complexity index is 559. The molecule has 2 heterocycles. The summed E-state index contributed by atoms with van der Waals surface area (Å²) in [4.78, 5) is 0. The van der Waals surface area contributed by atoms with Gasteiger partial charge in [-0.1, -0.05) is 30.3 Å². The van der Waals surface area contributed by atoms with Gasteiger partial charge in [-0.15, -0.1) is 10.6 Å². The van der Waals surface area contributed by atoms with Crippen molar-refractivity contribution >= 4 is 5.84 Å². The van der Waals surface area contributed by atoms with Gasteiger partial charge >= 0.3 is 0 Å². The molecule has 0 atom stereocenters. The molecule has 1 aromatic carbocycles. The fraction of sp³-hybridized carbons (Fsp3) is 0.167. The first-order valence-corrected chi connectivity index (χ1v) is 5.72. The topological polar surface area (TPSA) is 57.5 Å². The van der Waals surface area contributed by atoms with E-state index in [0.29, 0.717) is 0 Å². The molecule has 0 spiro atoms. The number of nitrogens with one attached hydrogen (secondary N) is 2. The van der Waals surface area contributed by atoms with Crippen molar-refractivity contribution in [2.24, 2.45) is 12.1 Å². The number of nitrogens with zero attached hydrogens (tertiary/aromatic N) is 4. The normalized spacial score (nSPS) is 14.5. The summed E-state index contributed by atoms with van der Waals surface area (Å²) in [6.07, 6.45) is 3.73. The third-order valence-electron chi connectivity index (χ3n) is 2.75. The summed E-state index contributed by atoms with van der Waals surface area (Å²) in [5, 5.41) is 10.3. The molecule has 0 aliphatic carbocycles. The molecule has 0 radical (unpaired) electrons. The molecule has 3 rings (SSSR count). The second-order valence-electron chi connectivity index (χ2n) is 4.13. The number of hydrogen-bond acceptors (Lipinski definition) is 5. The fourth-order valence-electron chi connectivity index (χ4n) is 1.89. The number of amidine groups is 1. The van der Waals surface area contributed by atoms with E-state index in [2.05, 4.69) is 33.4 Å². The maximum atomic E-state index is 4.23. The Labute approximate surface area is 105 Å². The van der Waals surface area contributed by atoms with Crippen LogP contribution < -0.4 is 11.1 Å². The van der Waals surface area contributed by atoms with Crippen LogP contribution in [0.5, 0.6) is 0 Å². The second kappa shape index (κ2) is 4.50. The van der Waals surface area contributed by atoms with Gasteiger partial charge in [0.15, 0.2) is 5.84 Å². The molecule has 6 nitrogen and oxygen atoms in total. The van der Waals surface area contributed by atoms with Crippen LogP contribution in [0.2, 0.25) is 0 Å². The van der Waals surface area contributed by atoms with Crippen LogP contribution in [0.4, 0.5) is 0 Å². The van der Waals surface area contributed by atoms with Gasteiger partial charge in [0.25, 0.3) is 0 Å². The van der Waals surface area contributed by atoms with Gasteiger partial charge in [0.1, 0.15) is 0 Å². The standard InChI is InChI=1S/C12H14N6/c1-17-9-11(7-13-17)12-14-15-16-18(12)8-10-5-3-2-4-6-10/h2-7,9,15-16H,8H2,1H3. The highest BCUT2D eigenvalue weighted by atomic mass is 15.8. The number of benzene rings is 1. The molecule has 0 bridgehead atoms. The molecule has 2 N–H and O–H groups in total. The van der Waals surface area contributed by atoms with Crippen molar-refractivity contribution in [2.75, 3.05) is 0 Å². The number of rotatable bonds is 3. The lowest BCUT2D eigenvalue weighted by atomic mass is 10.2. The number of hydrogen-bond donors (Lipinski definition) is 2.